The first kappa shape index (κ1) is 8.53. The van der Waals surface area contributed by atoms with Crippen molar-refractivity contribution < 1.29 is 4.79 Å². The van der Waals surface area contributed by atoms with Crippen LogP contribution in [-0.2, 0) is 4.79 Å². The lowest BCUT2D eigenvalue weighted by atomic mass is 10.2. The van der Waals surface area contributed by atoms with Crippen LogP contribution in [0.15, 0.2) is 0 Å². The van der Waals surface area contributed by atoms with Crippen LogP contribution in [0.25, 0.3) is 0 Å². The van der Waals surface area contributed by atoms with Gasteiger partial charge in [-0.2, -0.15) is 0 Å². The molecule has 1 aliphatic carbocycles. The van der Waals surface area contributed by atoms with Gasteiger partial charge in [0.2, 0.25) is 5.91 Å². The van der Waals surface area contributed by atoms with Crippen LogP contribution in [0.2, 0.25) is 0 Å². The Hall–Kier alpha value is -0.570. The average molecular weight is 156 g/mol. The zero-order valence-electron chi connectivity index (χ0n) is 7.02. The largest absolute Gasteiger partial charge is 0.358 e. The summed E-state index contributed by atoms with van der Waals surface area (Å²) in [6, 6.07) is 0.590. The number of amides is 1. The van der Waals surface area contributed by atoms with Crippen LogP contribution >= 0.6 is 0 Å². The molecule has 1 amide bonds. The van der Waals surface area contributed by atoms with E-state index < -0.39 is 0 Å². The molecule has 1 aliphatic rings. The molecule has 3 heteroatoms. The second kappa shape index (κ2) is 4.34. The van der Waals surface area contributed by atoms with Crippen molar-refractivity contribution in [2.75, 3.05) is 13.6 Å². The third-order valence-corrected chi connectivity index (χ3v) is 2.19. The molecule has 0 saturated heterocycles. The van der Waals surface area contributed by atoms with E-state index in [2.05, 4.69) is 10.6 Å². The van der Waals surface area contributed by atoms with E-state index in [4.69, 9.17) is 0 Å². The van der Waals surface area contributed by atoms with Gasteiger partial charge in [0.05, 0.1) is 6.54 Å². The summed E-state index contributed by atoms with van der Waals surface area (Å²) in [6.45, 7) is 0.473. The maximum absolute atomic E-state index is 10.8. The second-order valence-corrected chi connectivity index (χ2v) is 3.04. The van der Waals surface area contributed by atoms with Crippen LogP contribution < -0.4 is 10.6 Å². The molecule has 0 aliphatic heterocycles. The molecule has 3 nitrogen and oxygen atoms in total. The van der Waals surface area contributed by atoms with Gasteiger partial charge in [0.15, 0.2) is 0 Å². The number of likely N-dealkylation sites (N-methyl/N-ethyl adjacent to an activating group) is 1. The van der Waals surface area contributed by atoms with Crippen molar-refractivity contribution in [2.24, 2.45) is 0 Å². The van der Waals surface area contributed by atoms with Crippen molar-refractivity contribution >= 4 is 5.91 Å². The van der Waals surface area contributed by atoms with Crippen molar-refractivity contribution in [3.05, 3.63) is 0 Å². The van der Waals surface area contributed by atoms with Gasteiger partial charge in [-0.15, -0.1) is 0 Å². The summed E-state index contributed by atoms with van der Waals surface area (Å²) in [4.78, 5) is 10.8. The summed E-state index contributed by atoms with van der Waals surface area (Å²) in [5, 5.41) is 5.81. The molecule has 2 N–H and O–H groups in total. The van der Waals surface area contributed by atoms with Gasteiger partial charge < -0.3 is 10.6 Å². The fraction of sp³-hybridized carbons (Fsp3) is 0.875. The third-order valence-electron chi connectivity index (χ3n) is 2.19. The Balaban J connectivity index is 2.06. The summed E-state index contributed by atoms with van der Waals surface area (Å²) < 4.78 is 0. The summed E-state index contributed by atoms with van der Waals surface area (Å²) >= 11 is 0. The minimum atomic E-state index is 0.0805. The maximum atomic E-state index is 10.8. The van der Waals surface area contributed by atoms with Crippen molar-refractivity contribution in [1.29, 1.82) is 0 Å². The second-order valence-electron chi connectivity index (χ2n) is 3.04. The van der Waals surface area contributed by atoms with Crippen LogP contribution in [0.4, 0.5) is 0 Å². The SMILES string of the molecule is CNC(=O)CNC1CCCC1. The van der Waals surface area contributed by atoms with E-state index in [9.17, 15) is 4.79 Å². The highest BCUT2D eigenvalue weighted by molar-refractivity contribution is 5.77. The van der Waals surface area contributed by atoms with E-state index in [1.54, 1.807) is 7.05 Å². The first-order chi connectivity index (χ1) is 5.33. The fourth-order valence-corrected chi connectivity index (χ4v) is 1.46. The van der Waals surface area contributed by atoms with E-state index in [1.807, 2.05) is 0 Å². The normalized spacial score (nSPS) is 18.6. The molecular weight excluding hydrogens is 140 g/mol. The third kappa shape index (κ3) is 2.89. The molecule has 0 unspecified atom stereocenters. The van der Waals surface area contributed by atoms with E-state index >= 15 is 0 Å². The highest BCUT2D eigenvalue weighted by Crippen LogP contribution is 2.16. The first-order valence-corrected chi connectivity index (χ1v) is 4.27. The Kier molecular flexibility index (Phi) is 3.36. The summed E-state index contributed by atoms with van der Waals surface area (Å²) in [7, 11) is 1.67. The molecule has 0 aromatic carbocycles. The van der Waals surface area contributed by atoms with Gasteiger partial charge in [0.25, 0.3) is 0 Å². The number of nitrogens with one attached hydrogen (secondary N) is 2. The predicted octanol–water partition coefficient (Wildman–Crippen LogP) is 0.265. The van der Waals surface area contributed by atoms with Crippen LogP contribution in [0.1, 0.15) is 25.7 Å². The lowest BCUT2D eigenvalue weighted by molar-refractivity contribution is -0.119. The average Bonchev–Trinajstić information content (AvgIpc) is 2.52. The fourth-order valence-electron chi connectivity index (χ4n) is 1.46. The Labute approximate surface area is 67.5 Å². The molecule has 11 heavy (non-hydrogen) atoms. The first-order valence-electron chi connectivity index (χ1n) is 4.27. The standard InChI is InChI=1S/C8H16N2O/c1-9-8(11)6-10-7-4-2-3-5-7/h7,10H,2-6H2,1H3,(H,9,11). The summed E-state index contributed by atoms with van der Waals surface area (Å²) in [5.41, 5.74) is 0. The van der Waals surface area contributed by atoms with Crippen LogP contribution in [0.3, 0.4) is 0 Å². The monoisotopic (exact) mass is 156 g/mol. The number of carbonyl (C=O) groups is 1. The van der Waals surface area contributed by atoms with Gasteiger partial charge in [0.1, 0.15) is 0 Å². The quantitative estimate of drug-likeness (QED) is 0.615. The molecule has 0 atom stereocenters. The molecule has 1 fully saturated rings. The van der Waals surface area contributed by atoms with Crippen LogP contribution in [0.5, 0.6) is 0 Å². The summed E-state index contributed by atoms with van der Waals surface area (Å²) in [6.07, 6.45) is 5.09. The molecule has 0 bridgehead atoms. The molecule has 1 rings (SSSR count). The van der Waals surface area contributed by atoms with Gasteiger partial charge in [-0.3, -0.25) is 4.79 Å². The molecule has 0 radical (unpaired) electrons. The Bertz CT molecular complexity index is 130. The van der Waals surface area contributed by atoms with E-state index in [1.165, 1.54) is 25.7 Å². The minimum Gasteiger partial charge on any atom is -0.358 e. The van der Waals surface area contributed by atoms with Gasteiger partial charge in [-0.1, -0.05) is 12.8 Å². The zero-order chi connectivity index (χ0) is 8.10. The molecule has 64 valence electrons. The molecule has 0 aromatic rings. The maximum Gasteiger partial charge on any atom is 0.233 e. The zero-order valence-corrected chi connectivity index (χ0v) is 7.02. The van der Waals surface area contributed by atoms with E-state index in [-0.39, 0.29) is 5.91 Å². The van der Waals surface area contributed by atoms with Crippen molar-refractivity contribution in [3.8, 4) is 0 Å². The molecule has 0 spiro atoms. The van der Waals surface area contributed by atoms with Crippen molar-refractivity contribution in [2.45, 2.75) is 31.7 Å². The lowest BCUT2D eigenvalue weighted by Crippen LogP contribution is -2.36. The highest BCUT2D eigenvalue weighted by atomic mass is 16.1. The lowest BCUT2D eigenvalue weighted by Gasteiger charge is -2.09. The van der Waals surface area contributed by atoms with Gasteiger partial charge >= 0.3 is 0 Å². The number of hydrogen-bond acceptors (Lipinski definition) is 2. The van der Waals surface area contributed by atoms with E-state index in [0.29, 0.717) is 12.6 Å². The van der Waals surface area contributed by atoms with E-state index in [0.717, 1.165) is 0 Å². The predicted molar refractivity (Wildman–Crippen MR) is 44.3 cm³/mol. The highest BCUT2D eigenvalue weighted by Gasteiger charge is 2.14. The molecular formula is C8H16N2O. The van der Waals surface area contributed by atoms with Crippen molar-refractivity contribution in [3.63, 3.8) is 0 Å². The number of carbonyl (C=O) groups excluding carboxylic acids is 1. The smallest absolute Gasteiger partial charge is 0.233 e. The van der Waals surface area contributed by atoms with Gasteiger partial charge in [-0.25, -0.2) is 0 Å². The van der Waals surface area contributed by atoms with Gasteiger partial charge in [0, 0.05) is 13.1 Å². The minimum absolute atomic E-state index is 0.0805. The van der Waals surface area contributed by atoms with Crippen LogP contribution in [0, 0.1) is 0 Å². The Morgan fingerprint density at radius 2 is 2.09 bits per heavy atom. The van der Waals surface area contributed by atoms with Crippen LogP contribution in [-0.4, -0.2) is 25.5 Å². The Morgan fingerprint density at radius 1 is 1.45 bits per heavy atom. The van der Waals surface area contributed by atoms with Crippen molar-refractivity contribution in [1.82, 2.24) is 10.6 Å². The topological polar surface area (TPSA) is 41.1 Å². The molecule has 1 saturated carbocycles. The number of hydrogen-bond donors (Lipinski definition) is 2. The molecule has 0 aromatic heterocycles. The number of rotatable bonds is 3. The summed E-state index contributed by atoms with van der Waals surface area (Å²) in [5.74, 6) is 0.0805. The molecule has 0 heterocycles. The van der Waals surface area contributed by atoms with Gasteiger partial charge in [-0.05, 0) is 12.8 Å². The Morgan fingerprint density at radius 3 is 2.64 bits per heavy atom.